The van der Waals surface area contributed by atoms with E-state index in [4.69, 9.17) is 9.47 Å². The van der Waals surface area contributed by atoms with Crippen LogP contribution in [0.1, 0.15) is 23.2 Å². The van der Waals surface area contributed by atoms with E-state index in [2.05, 4.69) is 21.2 Å². The number of carbonyl (C=O) groups is 3. The van der Waals surface area contributed by atoms with Crippen LogP contribution in [0.2, 0.25) is 0 Å². The molecule has 2 aromatic rings. The molecule has 32 heavy (non-hydrogen) atoms. The maximum Gasteiger partial charge on any atom is 0.269 e. The Morgan fingerprint density at radius 3 is 2.44 bits per heavy atom. The van der Waals surface area contributed by atoms with Crippen molar-refractivity contribution >= 4 is 23.5 Å². The number of piperidine rings is 1. The molecule has 3 N–H and O–H groups in total. The molecule has 1 saturated heterocycles. The lowest BCUT2D eigenvalue weighted by Gasteiger charge is -2.30. The normalized spacial score (nSPS) is 14.3. The largest absolute Gasteiger partial charge is 0.493 e. The zero-order valence-electron chi connectivity index (χ0n) is 18.1. The van der Waals surface area contributed by atoms with Crippen molar-refractivity contribution in [3.63, 3.8) is 0 Å². The second-order valence-electron chi connectivity index (χ2n) is 7.33. The fourth-order valence-electron chi connectivity index (χ4n) is 3.44. The number of pyridine rings is 1. The SMILES string of the molecule is COc1ccc(C(=O)NNC(=O)CN2CCC(C(=O)Nc3ccccn3)CC2)cc1OC. The van der Waals surface area contributed by atoms with Crippen molar-refractivity contribution in [2.75, 3.05) is 39.2 Å². The zero-order chi connectivity index (χ0) is 22.9. The molecular formula is C22H27N5O5. The molecule has 0 unspecified atom stereocenters. The number of carbonyl (C=O) groups excluding carboxylic acids is 3. The Kier molecular flexibility index (Phi) is 7.98. The van der Waals surface area contributed by atoms with Crippen molar-refractivity contribution < 1.29 is 23.9 Å². The van der Waals surface area contributed by atoms with E-state index in [-0.39, 0.29) is 24.3 Å². The van der Waals surface area contributed by atoms with Gasteiger partial charge in [-0.25, -0.2) is 4.98 Å². The van der Waals surface area contributed by atoms with Gasteiger partial charge in [-0.2, -0.15) is 0 Å². The standard InChI is InChI=1S/C22H27N5O5/c1-31-17-7-6-16(13-18(17)32-2)22(30)26-25-20(28)14-27-11-8-15(9-12-27)21(29)24-19-5-3-4-10-23-19/h3-7,10,13,15H,8-9,11-12,14H2,1-2H3,(H,25,28)(H,26,30)(H,23,24,29). The molecule has 1 aromatic heterocycles. The third-order valence-electron chi connectivity index (χ3n) is 5.20. The number of rotatable bonds is 7. The van der Waals surface area contributed by atoms with Gasteiger partial charge in [-0.1, -0.05) is 6.07 Å². The molecular weight excluding hydrogens is 414 g/mol. The maximum absolute atomic E-state index is 12.4. The Labute approximate surface area is 186 Å². The monoisotopic (exact) mass is 441 g/mol. The second-order valence-corrected chi connectivity index (χ2v) is 7.33. The number of anilines is 1. The summed E-state index contributed by atoms with van der Waals surface area (Å²) in [5.74, 6) is 0.464. The topological polar surface area (TPSA) is 122 Å². The minimum atomic E-state index is -0.468. The minimum Gasteiger partial charge on any atom is -0.493 e. The number of nitrogens with zero attached hydrogens (tertiary/aromatic N) is 2. The first-order chi connectivity index (χ1) is 15.5. The number of amides is 3. The third-order valence-corrected chi connectivity index (χ3v) is 5.20. The fraction of sp³-hybridized carbons (Fsp3) is 0.364. The van der Waals surface area contributed by atoms with Crippen LogP contribution in [0.3, 0.4) is 0 Å². The number of aromatic nitrogens is 1. The molecule has 3 amide bonds. The first kappa shape index (κ1) is 23.0. The van der Waals surface area contributed by atoms with E-state index in [0.29, 0.717) is 48.8 Å². The number of hydrogen-bond acceptors (Lipinski definition) is 7. The van der Waals surface area contributed by atoms with Gasteiger partial charge >= 0.3 is 0 Å². The summed E-state index contributed by atoms with van der Waals surface area (Å²) >= 11 is 0. The molecule has 10 heteroatoms. The van der Waals surface area contributed by atoms with Crippen molar-refractivity contribution in [3.05, 3.63) is 48.2 Å². The van der Waals surface area contributed by atoms with Gasteiger partial charge in [0, 0.05) is 17.7 Å². The van der Waals surface area contributed by atoms with Crippen molar-refractivity contribution in [2.24, 2.45) is 5.92 Å². The molecule has 3 rings (SSSR count). The number of methoxy groups -OCH3 is 2. The Morgan fingerprint density at radius 1 is 1.03 bits per heavy atom. The predicted octanol–water partition coefficient (Wildman–Crippen LogP) is 1.21. The lowest BCUT2D eigenvalue weighted by molar-refractivity contribution is -0.124. The summed E-state index contributed by atoms with van der Waals surface area (Å²) in [6.45, 7) is 1.34. The highest BCUT2D eigenvalue weighted by atomic mass is 16.5. The van der Waals surface area contributed by atoms with Crippen molar-refractivity contribution in [3.8, 4) is 11.5 Å². The summed E-state index contributed by atoms with van der Waals surface area (Å²) in [4.78, 5) is 42.9. The highest BCUT2D eigenvalue weighted by Crippen LogP contribution is 2.27. The Hall–Kier alpha value is -3.66. The lowest BCUT2D eigenvalue weighted by Crippen LogP contribution is -2.48. The zero-order valence-corrected chi connectivity index (χ0v) is 18.1. The summed E-state index contributed by atoms with van der Waals surface area (Å²) in [5.41, 5.74) is 5.14. The van der Waals surface area contributed by atoms with E-state index in [0.717, 1.165) is 0 Å². The van der Waals surface area contributed by atoms with Crippen LogP contribution >= 0.6 is 0 Å². The number of hydrogen-bond donors (Lipinski definition) is 3. The summed E-state index contributed by atoms with van der Waals surface area (Å²) < 4.78 is 10.3. The third kappa shape index (κ3) is 6.17. The number of nitrogens with one attached hydrogen (secondary N) is 3. The number of likely N-dealkylation sites (tertiary alicyclic amines) is 1. The van der Waals surface area contributed by atoms with Gasteiger partial charge in [0.15, 0.2) is 11.5 Å². The van der Waals surface area contributed by atoms with Gasteiger partial charge in [-0.3, -0.25) is 30.1 Å². The average Bonchev–Trinajstić information content (AvgIpc) is 2.83. The highest BCUT2D eigenvalue weighted by Gasteiger charge is 2.26. The van der Waals surface area contributed by atoms with Crippen LogP contribution < -0.4 is 25.6 Å². The summed E-state index contributed by atoms with van der Waals surface area (Å²) in [6, 6.07) is 10.1. The molecule has 0 radical (unpaired) electrons. The van der Waals surface area contributed by atoms with Crippen LogP contribution in [-0.4, -0.2) is 61.5 Å². The van der Waals surface area contributed by atoms with E-state index in [1.165, 1.54) is 20.3 Å². The molecule has 1 aromatic carbocycles. The predicted molar refractivity (Wildman–Crippen MR) is 117 cm³/mol. The van der Waals surface area contributed by atoms with E-state index in [9.17, 15) is 14.4 Å². The molecule has 0 aliphatic carbocycles. The first-order valence-electron chi connectivity index (χ1n) is 10.3. The number of ether oxygens (including phenoxy) is 2. The van der Waals surface area contributed by atoms with Gasteiger partial charge in [-0.15, -0.1) is 0 Å². The molecule has 0 saturated carbocycles. The van der Waals surface area contributed by atoms with Gasteiger partial charge in [0.1, 0.15) is 5.82 Å². The molecule has 10 nitrogen and oxygen atoms in total. The van der Waals surface area contributed by atoms with Gasteiger partial charge in [0.05, 0.1) is 20.8 Å². The molecule has 1 aliphatic heterocycles. The van der Waals surface area contributed by atoms with Gasteiger partial charge in [0.25, 0.3) is 11.8 Å². The van der Waals surface area contributed by atoms with E-state index < -0.39 is 5.91 Å². The van der Waals surface area contributed by atoms with Crippen LogP contribution in [0.25, 0.3) is 0 Å². The van der Waals surface area contributed by atoms with Crippen LogP contribution in [0, 0.1) is 5.92 Å². The van der Waals surface area contributed by atoms with Crippen LogP contribution in [0.4, 0.5) is 5.82 Å². The Morgan fingerprint density at radius 2 is 1.78 bits per heavy atom. The quantitative estimate of drug-likeness (QED) is 0.552. The molecule has 170 valence electrons. The highest BCUT2D eigenvalue weighted by molar-refractivity contribution is 5.96. The van der Waals surface area contributed by atoms with Crippen LogP contribution in [0.5, 0.6) is 11.5 Å². The van der Waals surface area contributed by atoms with Gasteiger partial charge in [0.2, 0.25) is 5.91 Å². The Balaban J connectivity index is 1.40. The maximum atomic E-state index is 12.4. The van der Waals surface area contributed by atoms with Crippen LogP contribution in [0.15, 0.2) is 42.6 Å². The second kappa shape index (κ2) is 11.1. The summed E-state index contributed by atoms with van der Waals surface area (Å²) in [7, 11) is 2.99. The smallest absolute Gasteiger partial charge is 0.269 e. The molecule has 0 bridgehead atoms. The van der Waals surface area contributed by atoms with Crippen LogP contribution in [-0.2, 0) is 9.59 Å². The van der Waals surface area contributed by atoms with Crippen molar-refractivity contribution in [2.45, 2.75) is 12.8 Å². The minimum absolute atomic E-state index is 0.0602. The van der Waals surface area contributed by atoms with E-state index in [1.807, 2.05) is 11.0 Å². The summed E-state index contributed by atoms with van der Waals surface area (Å²) in [5, 5.41) is 2.82. The molecule has 1 fully saturated rings. The molecule has 2 heterocycles. The van der Waals surface area contributed by atoms with Gasteiger partial charge < -0.3 is 14.8 Å². The average molecular weight is 441 g/mol. The molecule has 1 aliphatic rings. The number of hydrazine groups is 1. The van der Waals surface area contributed by atoms with Crippen molar-refractivity contribution in [1.82, 2.24) is 20.7 Å². The molecule has 0 spiro atoms. The van der Waals surface area contributed by atoms with E-state index >= 15 is 0 Å². The lowest BCUT2D eigenvalue weighted by atomic mass is 9.96. The fourth-order valence-corrected chi connectivity index (χ4v) is 3.44. The van der Waals surface area contributed by atoms with Crippen molar-refractivity contribution in [1.29, 1.82) is 0 Å². The van der Waals surface area contributed by atoms with Gasteiger partial charge in [-0.05, 0) is 56.3 Å². The first-order valence-corrected chi connectivity index (χ1v) is 10.3. The number of benzene rings is 1. The molecule has 0 atom stereocenters. The summed E-state index contributed by atoms with van der Waals surface area (Å²) in [6.07, 6.45) is 2.91. The van der Waals surface area contributed by atoms with E-state index in [1.54, 1.807) is 30.5 Å². The Bertz CT molecular complexity index is 945.